The van der Waals surface area contributed by atoms with Crippen molar-refractivity contribution in [3.63, 3.8) is 0 Å². The lowest BCUT2D eigenvalue weighted by Crippen LogP contribution is -2.41. The van der Waals surface area contributed by atoms with Crippen LogP contribution in [0.1, 0.15) is 25.0 Å². The number of nitrogens with zero attached hydrogens (tertiary/aromatic N) is 2. The maximum absolute atomic E-state index is 9.50. The highest BCUT2D eigenvalue weighted by molar-refractivity contribution is 7.13. The van der Waals surface area contributed by atoms with Crippen LogP contribution in [0.2, 0.25) is 0 Å². The fourth-order valence-corrected chi connectivity index (χ4v) is 3.75. The van der Waals surface area contributed by atoms with E-state index in [0.717, 1.165) is 41.5 Å². The Balaban J connectivity index is 1.70. The number of hydrogen-bond donors (Lipinski definition) is 1. The van der Waals surface area contributed by atoms with Gasteiger partial charge in [0.2, 0.25) is 0 Å². The molecule has 1 fully saturated rings. The number of methoxy groups -OCH3 is 1. The minimum Gasteiger partial charge on any atom is -0.497 e. The summed E-state index contributed by atoms with van der Waals surface area (Å²) in [5.41, 5.74) is 2.21. The minimum atomic E-state index is 0.246. The molecule has 22 heavy (non-hydrogen) atoms. The van der Waals surface area contributed by atoms with E-state index < -0.39 is 0 Å². The zero-order chi connectivity index (χ0) is 15.4. The Morgan fingerprint density at radius 1 is 1.32 bits per heavy atom. The van der Waals surface area contributed by atoms with Gasteiger partial charge in [0, 0.05) is 23.5 Å². The van der Waals surface area contributed by atoms with Gasteiger partial charge in [-0.05, 0) is 43.7 Å². The Morgan fingerprint density at radius 3 is 2.86 bits per heavy atom. The summed E-state index contributed by atoms with van der Waals surface area (Å²) in [4.78, 5) is 7.11. The fourth-order valence-electron chi connectivity index (χ4n) is 2.93. The number of aromatic nitrogens is 1. The van der Waals surface area contributed by atoms with E-state index in [0.29, 0.717) is 6.04 Å². The molecule has 1 aromatic heterocycles. The molecular weight excluding hydrogens is 296 g/mol. The van der Waals surface area contributed by atoms with E-state index in [1.165, 1.54) is 12.8 Å². The summed E-state index contributed by atoms with van der Waals surface area (Å²) >= 11 is 1.67. The molecule has 2 heterocycles. The van der Waals surface area contributed by atoms with Gasteiger partial charge in [0.15, 0.2) is 0 Å². The summed E-state index contributed by atoms with van der Waals surface area (Å²) < 4.78 is 5.19. The molecule has 1 aromatic carbocycles. The molecular formula is C17H22N2O2S. The van der Waals surface area contributed by atoms with E-state index >= 15 is 0 Å². The number of hydrogen-bond acceptors (Lipinski definition) is 5. The summed E-state index contributed by atoms with van der Waals surface area (Å²) in [5.74, 6) is 0.861. The maximum Gasteiger partial charge on any atom is 0.123 e. The molecule has 0 saturated carbocycles. The molecule has 0 radical (unpaired) electrons. The quantitative estimate of drug-likeness (QED) is 0.920. The summed E-state index contributed by atoms with van der Waals surface area (Å²) in [6.45, 7) is 2.13. The van der Waals surface area contributed by atoms with Crippen LogP contribution in [0.5, 0.6) is 5.75 Å². The van der Waals surface area contributed by atoms with Crippen molar-refractivity contribution in [2.75, 3.05) is 20.3 Å². The first kappa shape index (κ1) is 15.5. The van der Waals surface area contributed by atoms with Crippen LogP contribution >= 0.6 is 11.3 Å². The first-order chi connectivity index (χ1) is 10.8. The molecule has 1 aliphatic heterocycles. The monoisotopic (exact) mass is 318 g/mol. The maximum atomic E-state index is 9.50. The standard InChI is InChI=1S/C17H22N2O2S/c1-21-16-7-5-13(6-8-16)17-18-14(12-22-17)10-19-9-3-2-4-15(19)11-20/h5-8,12,15,20H,2-4,9-11H2,1H3. The molecule has 0 aliphatic carbocycles. The Labute approximate surface area is 135 Å². The van der Waals surface area contributed by atoms with Crippen molar-refractivity contribution >= 4 is 11.3 Å². The molecule has 0 bridgehead atoms. The van der Waals surface area contributed by atoms with Crippen LogP contribution in [-0.4, -0.2) is 41.3 Å². The zero-order valence-electron chi connectivity index (χ0n) is 12.9. The molecule has 3 rings (SSSR count). The van der Waals surface area contributed by atoms with Crippen LogP contribution in [0.25, 0.3) is 10.6 Å². The van der Waals surface area contributed by atoms with Crippen LogP contribution in [0.15, 0.2) is 29.6 Å². The van der Waals surface area contributed by atoms with Crippen molar-refractivity contribution in [1.82, 2.24) is 9.88 Å². The predicted molar refractivity (Wildman–Crippen MR) is 89.2 cm³/mol. The van der Waals surface area contributed by atoms with Crippen molar-refractivity contribution < 1.29 is 9.84 Å². The van der Waals surface area contributed by atoms with Crippen molar-refractivity contribution in [2.45, 2.75) is 31.8 Å². The van der Waals surface area contributed by atoms with E-state index in [1.54, 1.807) is 18.4 Å². The highest BCUT2D eigenvalue weighted by Gasteiger charge is 2.22. The average molecular weight is 318 g/mol. The van der Waals surface area contributed by atoms with E-state index in [-0.39, 0.29) is 6.61 Å². The van der Waals surface area contributed by atoms with Crippen molar-refractivity contribution in [3.05, 3.63) is 35.3 Å². The average Bonchev–Trinajstić information content (AvgIpc) is 3.04. The highest BCUT2D eigenvalue weighted by atomic mass is 32.1. The van der Waals surface area contributed by atoms with Crippen LogP contribution in [-0.2, 0) is 6.54 Å². The van der Waals surface area contributed by atoms with Crippen LogP contribution in [0.4, 0.5) is 0 Å². The Kier molecular flexibility index (Phi) is 5.08. The lowest BCUT2D eigenvalue weighted by atomic mass is 10.0. The number of thiazole rings is 1. The van der Waals surface area contributed by atoms with Crippen LogP contribution < -0.4 is 4.74 Å². The second-order valence-corrected chi connectivity index (χ2v) is 6.53. The van der Waals surface area contributed by atoms with E-state index in [9.17, 15) is 5.11 Å². The number of rotatable bonds is 5. The van der Waals surface area contributed by atoms with Crippen LogP contribution in [0.3, 0.4) is 0 Å². The highest BCUT2D eigenvalue weighted by Crippen LogP contribution is 2.27. The predicted octanol–water partition coefficient (Wildman–Crippen LogP) is 3.17. The SMILES string of the molecule is COc1ccc(-c2nc(CN3CCCCC3CO)cs2)cc1. The van der Waals surface area contributed by atoms with Gasteiger partial charge in [-0.1, -0.05) is 6.42 Å². The number of ether oxygens (including phenoxy) is 1. The minimum absolute atomic E-state index is 0.246. The molecule has 1 atom stereocenters. The summed E-state index contributed by atoms with van der Waals surface area (Å²) in [6.07, 6.45) is 3.52. The molecule has 1 saturated heterocycles. The van der Waals surface area contributed by atoms with Gasteiger partial charge >= 0.3 is 0 Å². The zero-order valence-corrected chi connectivity index (χ0v) is 13.7. The van der Waals surface area contributed by atoms with E-state index in [2.05, 4.69) is 10.3 Å². The first-order valence-corrected chi connectivity index (χ1v) is 8.62. The number of aliphatic hydroxyl groups is 1. The van der Waals surface area contributed by atoms with Gasteiger partial charge in [-0.3, -0.25) is 4.90 Å². The number of aliphatic hydroxyl groups excluding tert-OH is 1. The summed E-state index contributed by atoms with van der Waals surface area (Å²) in [5, 5.41) is 12.7. The van der Waals surface area contributed by atoms with E-state index in [1.807, 2.05) is 24.3 Å². The molecule has 5 heteroatoms. The smallest absolute Gasteiger partial charge is 0.123 e. The third-order valence-electron chi connectivity index (χ3n) is 4.21. The topological polar surface area (TPSA) is 45.6 Å². The largest absolute Gasteiger partial charge is 0.497 e. The lowest BCUT2D eigenvalue weighted by molar-refractivity contribution is 0.0832. The fraction of sp³-hybridized carbons (Fsp3) is 0.471. The van der Waals surface area contributed by atoms with Crippen molar-refractivity contribution in [2.24, 2.45) is 0 Å². The van der Waals surface area contributed by atoms with E-state index in [4.69, 9.17) is 9.72 Å². The first-order valence-electron chi connectivity index (χ1n) is 7.74. The molecule has 1 N–H and O–H groups in total. The molecule has 2 aromatic rings. The Morgan fingerprint density at radius 2 is 2.14 bits per heavy atom. The second-order valence-electron chi connectivity index (χ2n) is 5.68. The summed E-state index contributed by atoms with van der Waals surface area (Å²) in [7, 11) is 1.67. The van der Waals surface area contributed by atoms with Crippen molar-refractivity contribution in [3.8, 4) is 16.3 Å². The number of piperidine rings is 1. The van der Waals surface area contributed by atoms with Gasteiger partial charge in [0.05, 0.1) is 19.4 Å². The lowest BCUT2D eigenvalue weighted by Gasteiger charge is -2.33. The molecule has 0 spiro atoms. The Bertz CT molecular complexity index is 597. The number of benzene rings is 1. The molecule has 0 amide bonds. The normalized spacial score (nSPS) is 19.3. The molecule has 4 nitrogen and oxygen atoms in total. The van der Waals surface area contributed by atoms with Gasteiger partial charge in [-0.2, -0.15) is 0 Å². The third kappa shape index (κ3) is 3.48. The van der Waals surface area contributed by atoms with Gasteiger partial charge < -0.3 is 9.84 Å². The van der Waals surface area contributed by atoms with Gasteiger partial charge in [-0.25, -0.2) is 4.98 Å². The second kappa shape index (κ2) is 7.22. The van der Waals surface area contributed by atoms with Gasteiger partial charge in [0.25, 0.3) is 0 Å². The van der Waals surface area contributed by atoms with Gasteiger partial charge in [-0.15, -0.1) is 11.3 Å². The van der Waals surface area contributed by atoms with Gasteiger partial charge in [0.1, 0.15) is 10.8 Å². The summed E-state index contributed by atoms with van der Waals surface area (Å²) in [6, 6.07) is 8.29. The molecule has 118 valence electrons. The number of likely N-dealkylation sites (tertiary alicyclic amines) is 1. The Hall–Kier alpha value is -1.43. The van der Waals surface area contributed by atoms with Crippen molar-refractivity contribution in [1.29, 1.82) is 0 Å². The molecule has 1 unspecified atom stereocenters. The third-order valence-corrected chi connectivity index (χ3v) is 5.15. The van der Waals surface area contributed by atoms with Crippen LogP contribution in [0, 0.1) is 0 Å². The molecule has 1 aliphatic rings.